The van der Waals surface area contributed by atoms with Crippen molar-refractivity contribution in [3.63, 3.8) is 0 Å². The van der Waals surface area contributed by atoms with Gasteiger partial charge in [0, 0.05) is 13.6 Å². The molecule has 4 rings (SSSR count). The van der Waals surface area contributed by atoms with Crippen LogP contribution in [0.25, 0.3) is 0 Å². The van der Waals surface area contributed by atoms with E-state index in [2.05, 4.69) is 23.5 Å². The highest BCUT2D eigenvalue weighted by atomic mass is 32.2. The Morgan fingerprint density at radius 2 is 1.61 bits per heavy atom. The number of fused-ring (bicyclic) bond motifs is 2. The molecule has 0 fully saturated rings. The number of nitrogens with zero attached hydrogens (tertiary/aromatic N) is 2. The van der Waals surface area contributed by atoms with Gasteiger partial charge in [-0.3, -0.25) is 18.7 Å². The summed E-state index contributed by atoms with van der Waals surface area (Å²) in [6.07, 6.45) is 4.90. The monoisotopic (exact) mass is 439 g/mol. The van der Waals surface area contributed by atoms with E-state index >= 15 is 0 Å². The summed E-state index contributed by atoms with van der Waals surface area (Å²) in [5, 5.41) is 3.45. The van der Waals surface area contributed by atoms with E-state index in [0.717, 1.165) is 55.8 Å². The number of imide groups is 1. The van der Waals surface area contributed by atoms with E-state index in [1.54, 1.807) is 24.3 Å². The molecule has 164 valence electrons. The second kappa shape index (κ2) is 9.75. The molecule has 1 unspecified atom stereocenters. The van der Waals surface area contributed by atoms with Gasteiger partial charge in [-0.1, -0.05) is 18.2 Å². The summed E-state index contributed by atoms with van der Waals surface area (Å²) in [6, 6.07) is 13.4. The third kappa shape index (κ3) is 4.72. The predicted molar refractivity (Wildman–Crippen MR) is 123 cm³/mol. The largest absolute Gasteiger partial charge is 0.361 e. The van der Waals surface area contributed by atoms with Gasteiger partial charge in [-0.2, -0.15) is 0 Å². The molecule has 1 atom stereocenters. The van der Waals surface area contributed by atoms with Gasteiger partial charge in [-0.15, -0.1) is 0 Å². The molecule has 0 spiro atoms. The fraction of sp³-hybridized carbons (Fsp3) is 0.417. The van der Waals surface area contributed by atoms with Crippen LogP contribution in [0.1, 0.15) is 52.0 Å². The Hall–Kier alpha value is -2.51. The van der Waals surface area contributed by atoms with Gasteiger partial charge in [0.05, 0.1) is 38.4 Å². The first-order valence-electron chi connectivity index (χ1n) is 10.9. The highest BCUT2D eigenvalue weighted by molar-refractivity contribution is 7.85. The standard InChI is InChI=1S/C24H29N3O3S/c1-26-17-31(30)22-16-18(11-12-21(22)26)8-4-5-13-25-14-6-7-15-27-23(28)19-9-2-3-10-20(19)24(27)29/h2-3,9-12,16,25H,4-8,13-15,17H2,1H3. The first kappa shape index (κ1) is 21.7. The molecule has 0 aliphatic carbocycles. The van der Waals surface area contributed by atoms with Crippen molar-refractivity contribution in [2.24, 2.45) is 0 Å². The molecule has 0 bridgehead atoms. The predicted octanol–water partition coefficient (Wildman–Crippen LogP) is 3.19. The number of anilines is 1. The summed E-state index contributed by atoms with van der Waals surface area (Å²) in [5.74, 6) is 0.251. The lowest BCUT2D eigenvalue weighted by atomic mass is 10.1. The lowest BCUT2D eigenvalue weighted by molar-refractivity contribution is 0.0651. The van der Waals surface area contributed by atoms with Crippen LogP contribution in [0.2, 0.25) is 0 Å². The highest BCUT2D eigenvalue weighted by Gasteiger charge is 2.34. The average Bonchev–Trinajstić information content (AvgIpc) is 3.20. The number of hydrogen-bond donors (Lipinski definition) is 1. The van der Waals surface area contributed by atoms with Crippen molar-refractivity contribution in [1.82, 2.24) is 10.2 Å². The molecule has 0 radical (unpaired) electrons. The molecule has 2 aliphatic heterocycles. The fourth-order valence-corrected chi connectivity index (χ4v) is 5.56. The van der Waals surface area contributed by atoms with E-state index in [1.165, 1.54) is 10.5 Å². The number of benzene rings is 2. The SMILES string of the molecule is CN1CS(=O)c2cc(CCCCNCCCCN3C(=O)c4ccccc4C3=O)ccc21. The Bertz CT molecular complexity index is 972. The summed E-state index contributed by atoms with van der Waals surface area (Å²) in [7, 11) is 1.08. The van der Waals surface area contributed by atoms with Gasteiger partial charge in [0.1, 0.15) is 0 Å². The second-order valence-electron chi connectivity index (χ2n) is 8.20. The number of unbranched alkanes of at least 4 members (excludes halogenated alkanes) is 2. The van der Waals surface area contributed by atoms with E-state index in [1.807, 2.05) is 11.9 Å². The Morgan fingerprint density at radius 1 is 0.935 bits per heavy atom. The molecule has 1 N–H and O–H groups in total. The molecule has 2 aromatic rings. The Balaban J connectivity index is 1.08. The maximum atomic E-state index is 12.3. The van der Waals surface area contributed by atoms with Crippen molar-refractivity contribution >= 4 is 28.3 Å². The van der Waals surface area contributed by atoms with Crippen LogP contribution in [-0.4, -0.2) is 53.5 Å². The number of carbonyl (C=O) groups excluding carboxylic acids is 2. The lowest BCUT2D eigenvalue weighted by Crippen LogP contribution is -2.31. The Kier molecular flexibility index (Phi) is 6.83. The Morgan fingerprint density at radius 3 is 2.32 bits per heavy atom. The summed E-state index contributed by atoms with van der Waals surface area (Å²) in [5.41, 5.74) is 3.38. The highest BCUT2D eigenvalue weighted by Crippen LogP contribution is 2.31. The second-order valence-corrected chi connectivity index (χ2v) is 9.59. The summed E-state index contributed by atoms with van der Waals surface area (Å²) < 4.78 is 12.1. The van der Waals surface area contributed by atoms with Gasteiger partial charge in [0.25, 0.3) is 11.8 Å². The minimum absolute atomic E-state index is 0.171. The topological polar surface area (TPSA) is 69.7 Å². The van der Waals surface area contributed by atoms with Gasteiger partial charge in [-0.05, 0) is 75.0 Å². The van der Waals surface area contributed by atoms with Crippen LogP contribution in [-0.2, 0) is 17.2 Å². The quantitative estimate of drug-likeness (QED) is 0.455. The van der Waals surface area contributed by atoms with Crippen molar-refractivity contribution in [1.29, 1.82) is 0 Å². The molecule has 2 aromatic carbocycles. The first-order valence-corrected chi connectivity index (χ1v) is 12.3. The zero-order chi connectivity index (χ0) is 21.8. The van der Waals surface area contributed by atoms with E-state index < -0.39 is 10.8 Å². The summed E-state index contributed by atoms with van der Waals surface area (Å²) >= 11 is 0. The smallest absolute Gasteiger partial charge is 0.261 e. The number of amides is 2. The van der Waals surface area contributed by atoms with Crippen LogP contribution in [0.4, 0.5) is 5.69 Å². The van der Waals surface area contributed by atoms with Crippen molar-refractivity contribution < 1.29 is 13.8 Å². The average molecular weight is 440 g/mol. The molecule has 0 saturated heterocycles. The molecule has 7 heteroatoms. The van der Waals surface area contributed by atoms with Crippen LogP contribution in [0.15, 0.2) is 47.4 Å². The van der Waals surface area contributed by atoms with Gasteiger partial charge in [-0.25, -0.2) is 0 Å². The maximum absolute atomic E-state index is 12.3. The van der Waals surface area contributed by atoms with Crippen molar-refractivity contribution in [3.05, 3.63) is 59.2 Å². The van der Waals surface area contributed by atoms with Crippen molar-refractivity contribution in [2.75, 3.05) is 37.5 Å². The number of carbonyl (C=O) groups is 2. The maximum Gasteiger partial charge on any atom is 0.261 e. The minimum atomic E-state index is -0.901. The van der Waals surface area contributed by atoms with Crippen LogP contribution in [0.5, 0.6) is 0 Å². The molecule has 0 aromatic heterocycles. The molecule has 31 heavy (non-hydrogen) atoms. The summed E-state index contributed by atoms with van der Waals surface area (Å²) in [4.78, 5) is 29.0. The van der Waals surface area contributed by atoms with E-state index in [-0.39, 0.29) is 11.8 Å². The van der Waals surface area contributed by atoms with Gasteiger partial charge in [0.15, 0.2) is 0 Å². The molecular weight excluding hydrogens is 410 g/mol. The number of nitrogens with one attached hydrogen (secondary N) is 1. The summed E-state index contributed by atoms with van der Waals surface area (Å²) in [6.45, 7) is 2.31. The van der Waals surface area contributed by atoms with E-state index in [0.29, 0.717) is 23.5 Å². The molecule has 2 amide bonds. The molecular formula is C24H29N3O3S. The van der Waals surface area contributed by atoms with Gasteiger partial charge in [0.2, 0.25) is 0 Å². The van der Waals surface area contributed by atoms with Gasteiger partial charge >= 0.3 is 0 Å². The van der Waals surface area contributed by atoms with E-state index in [4.69, 9.17) is 0 Å². The zero-order valence-electron chi connectivity index (χ0n) is 17.9. The number of aryl methyl sites for hydroxylation is 1. The lowest BCUT2D eigenvalue weighted by Gasteiger charge is -2.13. The first-order chi connectivity index (χ1) is 15.1. The molecule has 6 nitrogen and oxygen atoms in total. The molecule has 0 saturated carbocycles. The van der Waals surface area contributed by atoms with Crippen LogP contribution >= 0.6 is 0 Å². The van der Waals surface area contributed by atoms with Crippen LogP contribution in [0.3, 0.4) is 0 Å². The fourth-order valence-electron chi connectivity index (χ4n) is 4.19. The zero-order valence-corrected chi connectivity index (χ0v) is 18.7. The molecule has 2 aliphatic rings. The van der Waals surface area contributed by atoms with E-state index in [9.17, 15) is 13.8 Å². The number of rotatable bonds is 10. The third-order valence-electron chi connectivity index (χ3n) is 5.92. The van der Waals surface area contributed by atoms with Gasteiger partial charge < -0.3 is 10.2 Å². The normalized spacial score (nSPS) is 17.4. The van der Waals surface area contributed by atoms with Crippen LogP contribution < -0.4 is 10.2 Å². The number of hydrogen-bond acceptors (Lipinski definition) is 5. The Labute approximate surface area is 186 Å². The minimum Gasteiger partial charge on any atom is -0.361 e. The third-order valence-corrected chi connectivity index (χ3v) is 7.36. The van der Waals surface area contributed by atoms with Crippen LogP contribution in [0, 0.1) is 0 Å². The van der Waals surface area contributed by atoms with Crippen molar-refractivity contribution in [2.45, 2.75) is 37.0 Å². The van der Waals surface area contributed by atoms with Crippen molar-refractivity contribution in [3.8, 4) is 0 Å². The molecule has 2 heterocycles.